The van der Waals surface area contributed by atoms with Gasteiger partial charge in [0.1, 0.15) is 6.10 Å². The van der Waals surface area contributed by atoms with Gasteiger partial charge in [-0.2, -0.15) is 13.4 Å². The van der Waals surface area contributed by atoms with E-state index in [2.05, 4.69) is 4.98 Å². The van der Waals surface area contributed by atoms with Crippen LogP contribution in [0.1, 0.15) is 25.8 Å². The van der Waals surface area contributed by atoms with Crippen LogP contribution in [0.5, 0.6) is 6.01 Å². The average Bonchev–Trinajstić information content (AvgIpc) is 2.84. The molecule has 4 atom stereocenters. The lowest BCUT2D eigenvalue weighted by atomic mass is 10.0. The summed E-state index contributed by atoms with van der Waals surface area (Å²) >= 11 is 0. The predicted octanol–water partition coefficient (Wildman–Crippen LogP) is 0.320. The third-order valence-electron chi connectivity index (χ3n) is 3.93. The summed E-state index contributed by atoms with van der Waals surface area (Å²) < 4.78 is 35.5. The minimum atomic E-state index is -3.56. The molecule has 1 aliphatic heterocycles. The first-order chi connectivity index (χ1) is 9.39. The molecular weight excluding hydrogens is 284 g/mol. The maximum absolute atomic E-state index is 11.4. The molecule has 1 aromatic heterocycles. The third-order valence-corrected chi connectivity index (χ3v) is 4.50. The van der Waals surface area contributed by atoms with Crippen molar-refractivity contribution in [2.24, 2.45) is 5.92 Å². The van der Waals surface area contributed by atoms with Crippen LogP contribution in [0, 0.1) is 5.92 Å². The van der Waals surface area contributed by atoms with E-state index in [1.165, 1.54) is 6.07 Å². The molecule has 2 aliphatic rings. The molecule has 20 heavy (non-hydrogen) atoms. The number of hydrogen-bond donors (Lipinski definition) is 0. The predicted molar refractivity (Wildman–Crippen MR) is 70.1 cm³/mol. The molecule has 1 aliphatic carbocycles. The van der Waals surface area contributed by atoms with E-state index in [1.807, 2.05) is 6.92 Å². The van der Waals surface area contributed by atoms with Gasteiger partial charge >= 0.3 is 6.01 Å². The second kappa shape index (κ2) is 4.56. The van der Waals surface area contributed by atoms with E-state index in [0.29, 0.717) is 0 Å². The largest absolute Gasteiger partial charge is 0.456 e. The Balaban J connectivity index is 1.94. The van der Waals surface area contributed by atoms with Gasteiger partial charge in [-0.3, -0.25) is 13.5 Å². The second-order valence-corrected chi connectivity index (χ2v) is 6.88. The summed E-state index contributed by atoms with van der Waals surface area (Å²) in [7, 11) is -3.56. The van der Waals surface area contributed by atoms with Crippen molar-refractivity contribution in [2.75, 3.05) is 6.26 Å². The Bertz CT molecular complexity index is 683. The van der Waals surface area contributed by atoms with Crippen molar-refractivity contribution in [1.82, 2.24) is 9.55 Å². The summed E-state index contributed by atoms with van der Waals surface area (Å²) in [6, 6.07) is 1.58. The van der Waals surface area contributed by atoms with E-state index >= 15 is 0 Å². The summed E-state index contributed by atoms with van der Waals surface area (Å²) in [4.78, 5) is 15.0. The Labute approximate surface area is 116 Å². The maximum atomic E-state index is 11.4. The molecular formula is C12H16N2O5S. The molecule has 0 spiro atoms. The highest BCUT2D eigenvalue weighted by atomic mass is 32.2. The Morgan fingerprint density at radius 2 is 2.30 bits per heavy atom. The second-order valence-electron chi connectivity index (χ2n) is 5.27. The van der Waals surface area contributed by atoms with E-state index < -0.39 is 22.3 Å². The number of ether oxygens (including phenoxy) is 1. The minimum absolute atomic E-state index is 0.0326. The lowest BCUT2D eigenvalue weighted by molar-refractivity contribution is 0.0611. The monoisotopic (exact) mass is 300 g/mol. The molecule has 0 radical (unpaired) electrons. The van der Waals surface area contributed by atoms with Crippen molar-refractivity contribution in [3.8, 4) is 6.01 Å². The highest BCUT2D eigenvalue weighted by Crippen LogP contribution is 2.45. The highest BCUT2D eigenvalue weighted by Gasteiger charge is 2.51. The van der Waals surface area contributed by atoms with E-state index in [1.54, 1.807) is 10.8 Å². The zero-order valence-corrected chi connectivity index (χ0v) is 12.0. The molecule has 0 saturated heterocycles. The molecule has 8 heteroatoms. The van der Waals surface area contributed by atoms with Gasteiger partial charge in [-0.15, -0.1) is 0 Å². The van der Waals surface area contributed by atoms with Gasteiger partial charge in [0, 0.05) is 12.3 Å². The lowest BCUT2D eigenvalue weighted by Gasteiger charge is -2.21. The van der Waals surface area contributed by atoms with Gasteiger partial charge in [-0.1, -0.05) is 13.3 Å². The normalized spacial score (nSPS) is 31.7. The van der Waals surface area contributed by atoms with Gasteiger partial charge in [0.15, 0.2) is 6.10 Å². The van der Waals surface area contributed by atoms with Crippen LogP contribution in [0.3, 0.4) is 0 Å². The topological polar surface area (TPSA) is 87.5 Å². The molecule has 3 rings (SSSR count). The first-order valence-electron chi connectivity index (χ1n) is 6.53. The number of rotatable bonds is 3. The number of fused-ring (bicyclic) bond motifs is 3. The van der Waals surface area contributed by atoms with Crippen LogP contribution in [0.25, 0.3) is 0 Å². The molecule has 0 bridgehead atoms. The number of aromatic nitrogens is 2. The fourth-order valence-electron chi connectivity index (χ4n) is 3.08. The van der Waals surface area contributed by atoms with Gasteiger partial charge in [0.25, 0.3) is 15.7 Å². The van der Waals surface area contributed by atoms with Crippen LogP contribution >= 0.6 is 0 Å². The zero-order valence-electron chi connectivity index (χ0n) is 11.2. The molecule has 0 aromatic carbocycles. The van der Waals surface area contributed by atoms with E-state index in [-0.39, 0.29) is 23.5 Å². The molecule has 7 nitrogen and oxygen atoms in total. The SMILES string of the molecule is CC[C@H]1C[C@@H]2C(Oc3nc(=O)ccn32)[C@H]1OS(C)(=O)=O. The van der Waals surface area contributed by atoms with E-state index in [0.717, 1.165) is 19.1 Å². The van der Waals surface area contributed by atoms with Crippen LogP contribution in [0.15, 0.2) is 17.1 Å². The number of nitrogens with zero attached hydrogens (tertiary/aromatic N) is 2. The maximum Gasteiger partial charge on any atom is 0.300 e. The smallest absolute Gasteiger partial charge is 0.300 e. The summed E-state index contributed by atoms with van der Waals surface area (Å²) in [5, 5.41) is 0. The van der Waals surface area contributed by atoms with Crippen LogP contribution in [-0.4, -0.2) is 36.4 Å². The summed E-state index contributed by atoms with van der Waals surface area (Å²) in [5.41, 5.74) is -0.371. The van der Waals surface area contributed by atoms with Crippen LogP contribution in [-0.2, 0) is 14.3 Å². The fraction of sp³-hybridized carbons (Fsp3) is 0.667. The Morgan fingerprint density at radius 1 is 1.55 bits per heavy atom. The average molecular weight is 300 g/mol. The zero-order chi connectivity index (χ0) is 14.5. The molecule has 110 valence electrons. The van der Waals surface area contributed by atoms with Gasteiger partial charge in [0.2, 0.25) is 0 Å². The van der Waals surface area contributed by atoms with Crippen molar-refractivity contribution in [1.29, 1.82) is 0 Å². The summed E-state index contributed by atoms with van der Waals surface area (Å²) in [6.07, 6.45) is 3.29. The fourth-order valence-corrected chi connectivity index (χ4v) is 3.75. The molecule has 2 heterocycles. The van der Waals surface area contributed by atoms with Gasteiger partial charge in [-0.25, -0.2) is 0 Å². The molecule has 0 amide bonds. The molecule has 1 aromatic rings. The standard InChI is InChI=1S/C12H16N2O5S/c1-3-7-6-8-11(10(7)19-20(2,16)17)18-12-13-9(15)4-5-14(8)12/h4-5,7-8,10-11H,3,6H2,1-2H3/t7-,8+,10-,11?/m0/s1. The Hall–Kier alpha value is -1.41. The van der Waals surface area contributed by atoms with E-state index in [9.17, 15) is 13.2 Å². The van der Waals surface area contributed by atoms with Crippen molar-refractivity contribution >= 4 is 10.1 Å². The first kappa shape index (κ1) is 13.6. The molecule has 1 fully saturated rings. The minimum Gasteiger partial charge on any atom is -0.456 e. The van der Waals surface area contributed by atoms with Crippen LogP contribution in [0.4, 0.5) is 0 Å². The van der Waals surface area contributed by atoms with Crippen LogP contribution < -0.4 is 10.3 Å². The molecule has 1 saturated carbocycles. The summed E-state index contributed by atoms with van der Waals surface area (Å²) in [6.45, 7) is 1.99. The molecule has 1 unspecified atom stereocenters. The van der Waals surface area contributed by atoms with Gasteiger partial charge < -0.3 is 4.74 Å². The number of hydrogen-bond acceptors (Lipinski definition) is 6. The van der Waals surface area contributed by atoms with Crippen molar-refractivity contribution in [3.05, 3.63) is 22.6 Å². The van der Waals surface area contributed by atoms with Crippen molar-refractivity contribution < 1.29 is 17.3 Å². The Morgan fingerprint density at radius 3 is 2.95 bits per heavy atom. The highest BCUT2D eigenvalue weighted by molar-refractivity contribution is 7.86. The van der Waals surface area contributed by atoms with Crippen LogP contribution in [0.2, 0.25) is 0 Å². The first-order valence-corrected chi connectivity index (χ1v) is 8.35. The summed E-state index contributed by atoms with van der Waals surface area (Å²) in [5.74, 6) is 0.104. The van der Waals surface area contributed by atoms with Crippen molar-refractivity contribution in [3.63, 3.8) is 0 Å². The van der Waals surface area contributed by atoms with E-state index in [4.69, 9.17) is 8.92 Å². The third kappa shape index (κ3) is 2.22. The lowest BCUT2D eigenvalue weighted by Crippen LogP contribution is -2.35. The molecule has 0 N–H and O–H groups in total. The van der Waals surface area contributed by atoms with Gasteiger partial charge in [0.05, 0.1) is 12.3 Å². The van der Waals surface area contributed by atoms with Crippen molar-refractivity contribution in [2.45, 2.75) is 38.0 Å². The Kier molecular flexibility index (Phi) is 3.09. The van der Waals surface area contributed by atoms with Gasteiger partial charge in [-0.05, 0) is 12.3 Å². The quantitative estimate of drug-likeness (QED) is 0.747.